The van der Waals surface area contributed by atoms with Gasteiger partial charge in [0.2, 0.25) is 0 Å². The molecule has 0 aliphatic heterocycles. The average Bonchev–Trinajstić information content (AvgIpc) is 0.903. The first-order valence-electron chi connectivity index (χ1n) is 45.1. The van der Waals surface area contributed by atoms with Crippen molar-refractivity contribution in [1.29, 1.82) is 0 Å². The van der Waals surface area contributed by atoms with Crippen molar-refractivity contribution in [2.75, 3.05) is 39.6 Å². The molecule has 0 bridgehead atoms. The molecule has 18 heteroatoms. The molecule has 0 fully saturated rings. The van der Waals surface area contributed by atoms with Crippen molar-refractivity contribution < 1.29 is 75.8 Å². The summed E-state index contributed by atoms with van der Waals surface area (Å²) < 4.78 is 61.4. The van der Waals surface area contributed by atoms with Gasteiger partial charge in [0.05, 0.1) is 26.4 Å². The largest absolute Gasteiger partial charge is 0.472 e. The second-order valence-corrected chi connectivity index (χ2v) is 32.9. The highest BCUT2D eigenvalue weighted by Crippen LogP contribution is 2.45. The number of aliphatic hydroxyl groups is 2. The highest BCUT2D eigenvalue weighted by molar-refractivity contribution is 7.47. The van der Waals surface area contributed by atoms with E-state index in [1.807, 2.05) is 0 Å². The third-order valence-electron chi connectivity index (χ3n) is 19.0. The molecule has 650 valence electrons. The summed E-state index contributed by atoms with van der Waals surface area (Å²) in [5.41, 5.74) is 0. The van der Waals surface area contributed by atoms with Crippen molar-refractivity contribution in [1.82, 2.24) is 0 Å². The van der Waals surface area contributed by atoms with Crippen LogP contribution in [0.15, 0.2) is 146 Å². The Morgan fingerprint density at radius 1 is 0.257 bits per heavy atom. The van der Waals surface area contributed by atoms with Gasteiger partial charge in [-0.15, -0.1) is 0 Å². The Morgan fingerprint density at radius 2 is 0.469 bits per heavy atom. The van der Waals surface area contributed by atoms with Crippen molar-refractivity contribution in [3.63, 3.8) is 0 Å². The maximum absolute atomic E-state index is 13.0. The number of carbonyl (C=O) groups excluding carboxylic acids is 3. The van der Waals surface area contributed by atoms with Crippen LogP contribution in [0.2, 0.25) is 0 Å². The molecule has 0 radical (unpaired) electrons. The Morgan fingerprint density at radius 3 is 0.743 bits per heavy atom. The number of phosphoric ester groups is 2. The van der Waals surface area contributed by atoms with Crippen LogP contribution in [0.3, 0.4) is 0 Å². The summed E-state index contributed by atoms with van der Waals surface area (Å²) in [5, 5.41) is 20.7. The predicted octanol–water partition coefficient (Wildman–Crippen LogP) is 27.6. The Labute approximate surface area is 689 Å². The highest BCUT2D eigenvalue weighted by Gasteiger charge is 2.29. The number of ether oxygens (including phenoxy) is 3. The van der Waals surface area contributed by atoms with E-state index in [9.17, 15) is 43.5 Å². The zero-order chi connectivity index (χ0) is 82.2. The van der Waals surface area contributed by atoms with E-state index < -0.39 is 91.5 Å². The minimum absolute atomic E-state index is 0.0874. The third kappa shape index (κ3) is 88.1. The van der Waals surface area contributed by atoms with Gasteiger partial charge in [-0.05, 0) is 141 Å². The van der Waals surface area contributed by atoms with E-state index in [2.05, 4.69) is 167 Å². The van der Waals surface area contributed by atoms with Crippen LogP contribution in [-0.4, -0.2) is 95.9 Å². The van der Waals surface area contributed by atoms with Gasteiger partial charge in [-0.1, -0.05) is 366 Å². The number of allylic oxidation sites excluding steroid dienone is 24. The van der Waals surface area contributed by atoms with Crippen LogP contribution in [0.4, 0.5) is 0 Å². The van der Waals surface area contributed by atoms with Crippen LogP contribution < -0.4 is 0 Å². The lowest BCUT2D eigenvalue weighted by Crippen LogP contribution is -2.30. The third-order valence-corrected chi connectivity index (χ3v) is 20.9. The van der Waals surface area contributed by atoms with E-state index in [4.69, 9.17) is 32.3 Å². The first kappa shape index (κ1) is 108. The SMILES string of the molecule is CC/C=C\C/C=C\C/C=C\C/C=C\C/C=C\CCCCCCCCCCCCCCCCCCCC(=O)OCC(O)COP(=O)(O)OCC(O)COP(=O)(O)OCC(COC(=O)CCCCCCCCCCCCCCC/C=C\C/C=C\C/C=C\C/C=C\C/C=C\CC)OC(=O)CCCCCCC/C=C\C/C=C\CCCCC. The molecule has 4 N–H and O–H groups in total. The fourth-order valence-corrected chi connectivity index (χ4v) is 13.8. The van der Waals surface area contributed by atoms with Crippen LogP contribution in [-0.2, 0) is 55.8 Å². The Kier molecular flexibility index (Phi) is 83.3. The zero-order valence-corrected chi connectivity index (χ0v) is 73.3. The molecule has 0 aliphatic rings. The van der Waals surface area contributed by atoms with Crippen molar-refractivity contribution in [3.05, 3.63) is 146 Å². The number of hydrogen-bond donors (Lipinski definition) is 4. The van der Waals surface area contributed by atoms with Crippen molar-refractivity contribution >= 4 is 33.6 Å². The van der Waals surface area contributed by atoms with Crippen molar-refractivity contribution in [2.24, 2.45) is 0 Å². The summed E-state index contributed by atoms with van der Waals surface area (Å²) in [6.07, 6.45) is 109. The van der Waals surface area contributed by atoms with E-state index in [-0.39, 0.29) is 19.3 Å². The number of esters is 3. The van der Waals surface area contributed by atoms with Crippen LogP contribution in [0.25, 0.3) is 0 Å². The molecule has 16 nitrogen and oxygen atoms in total. The van der Waals surface area contributed by atoms with E-state index in [1.165, 1.54) is 161 Å². The summed E-state index contributed by atoms with van der Waals surface area (Å²) >= 11 is 0. The topological polar surface area (TPSA) is 231 Å². The van der Waals surface area contributed by atoms with Crippen LogP contribution in [0.1, 0.15) is 380 Å². The number of carbonyl (C=O) groups is 3. The van der Waals surface area contributed by atoms with Gasteiger partial charge in [0.15, 0.2) is 6.10 Å². The summed E-state index contributed by atoms with van der Waals surface area (Å²) in [6.45, 7) is 2.46. The van der Waals surface area contributed by atoms with Gasteiger partial charge in [0.25, 0.3) is 0 Å². The molecule has 113 heavy (non-hydrogen) atoms. The monoisotopic (exact) mass is 1620 g/mol. The molecule has 0 heterocycles. The lowest BCUT2D eigenvalue weighted by molar-refractivity contribution is -0.161. The molecule has 0 rings (SSSR count). The summed E-state index contributed by atoms with van der Waals surface area (Å²) in [5.74, 6) is -1.58. The fraction of sp³-hybridized carbons (Fsp3) is 0.716. The molecule has 0 amide bonds. The van der Waals surface area contributed by atoms with Crippen LogP contribution in [0.5, 0.6) is 0 Å². The quantitative estimate of drug-likeness (QED) is 0.0146. The second kappa shape index (κ2) is 86.8. The van der Waals surface area contributed by atoms with Gasteiger partial charge in [0, 0.05) is 19.3 Å². The molecule has 0 aromatic heterocycles. The van der Waals surface area contributed by atoms with E-state index in [1.54, 1.807) is 0 Å². The highest BCUT2D eigenvalue weighted by atomic mass is 31.2. The smallest absolute Gasteiger partial charge is 0.463 e. The summed E-state index contributed by atoms with van der Waals surface area (Å²) in [7, 11) is -9.80. The number of rotatable bonds is 85. The average molecular weight is 1620 g/mol. The lowest BCUT2D eigenvalue weighted by Gasteiger charge is -2.21. The molecule has 0 aliphatic carbocycles. The van der Waals surface area contributed by atoms with Crippen molar-refractivity contribution in [2.45, 2.75) is 399 Å². The number of aliphatic hydroxyl groups excluding tert-OH is 2. The molecule has 5 unspecified atom stereocenters. The number of hydrogen-bond acceptors (Lipinski definition) is 14. The normalized spacial score (nSPS) is 14.5. The Balaban J connectivity index is 4.45. The lowest BCUT2D eigenvalue weighted by atomic mass is 10.0. The fourth-order valence-electron chi connectivity index (χ4n) is 12.2. The molecule has 0 saturated heterocycles. The van der Waals surface area contributed by atoms with Crippen LogP contribution >= 0.6 is 15.6 Å². The minimum Gasteiger partial charge on any atom is -0.463 e. The first-order chi connectivity index (χ1) is 55.2. The van der Waals surface area contributed by atoms with Crippen molar-refractivity contribution in [3.8, 4) is 0 Å². The minimum atomic E-state index is -4.94. The molecular formula is C95H164O16P2. The van der Waals surface area contributed by atoms with E-state index >= 15 is 0 Å². The first-order valence-corrected chi connectivity index (χ1v) is 48.1. The van der Waals surface area contributed by atoms with Gasteiger partial charge in [0.1, 0.15) is 25.4 Å². The van der Waals surface area contributed by atoms with Gasteiger partial charge in [-0.2, -0.15) is 0 Å². The molecule has 0 saturated carbocycles. The number of phosphoric acid groups is 2. The maximum atomic E-state index is 13.0. The summed E-state index contributed by atoms with van der Waals surface area (Å²) in [6, 6.07) is 0. The Bertz CT molecular complexity index is 2630. The summed E-state index contributed by atoms with van der Waals surface area (Å²) in [4.78, 5) is 58.9. The molecule has 0 aromatic carbocycles. The standard InChI is InChI=1S/C95H164O16P2/c1-4-7-10-13-16-19-22-25-28-30-32-34-36-38-40-42-43-44-45-47-49-50-52-54-56-58-61-63-66-69-72-75-78-81-93(98)105-84-90(96)85-107-112(101,102)108-86-91(97)87-109-113(103,104)110-89-92(111-95(100)83-80-77-74-71-68-65-60-27-24-21-18-15-12-9-6-3)88-106-94(99)82-79-76-73-70-67-64-62-59-57-55-53-51-48-46-41-39-37-35-33-31-29-26-23-20-17-14-11-8-5-2/h7-8,10-11,16-21,25-29,32-35,38-41,60,90-92,96-97H,4-6,9,12-15,22-24,30-31,36-37,42-59,61-89H2,1-3H3,(H,101,102)(H,103,104)/b10-7-,11-8-,19-16-,20-17-,21-18-,28-25-,29-26-,34-32-,35-33-,40-38-,41-39-,60-27-. The molecule has 5 atom stereocenters. The van der Waals surface area contributed by atoms with E-state index in [0.717, 1.165) is 161 Å². The Hall–Kier alpha value is -4.57. The molecule has 0 aromatic rings. The molecular weight excluding hydrogens is 1460 g/mol. The van der Waals surface area contributed by atoms with Gasteiger partial charge < -0.3 is 34.2 Å². The second-order valence-electron chi connectivity index (χ2n) is 30.0. The predicted molar refractivity (Wildman–Crippen MR) is 473 cm³/mol. The van der Waals surface area contributed by atoms with Gasteiger partial charge in [-0.3, -0.25) is 32.5 Å². The van der Waals surface area contributed by atoms with Gasteiger partial charge >= 0.3 is 33.6 Å². The maximum Gasteiger partial charge on any atom is 0.472 e. The molecule has 0 spiro atoms. The van der Waals surface area contributed by atoms with E-state index in [0.29, 0.717) is 19.3 Å². The van der Waals surface area contributed by atoms with Crippen LogP contribution in [0, 0.1) is 0 Å². The number of unbranched alkanes of at least 4 members (excludes halogenated alkanes) is 38. The zero-order valence-electron chi connectivity index (χ0n) is 71.5. The van der Waals surface area contributed by atoms with Gasteiger partial charge in [-0.25, -0.2) is 9.13 Å².